The molecule has 0 fully saturated rings. The molecule has 2 aromatic carbocycles. The van der Waals surface area contributed by atoms with Gasteiger partial charge in [0.1, 0.15) is 34.7 Å². The minimum atomic E-state index is -0.629. The maximum Gasteiger partial charge on any atom is 0.279 e. The van der Waals surface area contributed by atoms with Gasteiger partial charge in [0.25, 0.3) is 23.6 Å². The van der Waals surface area contributed by atoms with Crippen LogP contribution >= 0.6 is 0 Å². The highest BCUT2D eigenvalue weighted by atomic mass is 16.2. The third-order valence-electron chi connectivity index (χ3n) is 11.4. The van der Waals surface area contributed by atoms with E-state index in [9.17, 15) is 29.7 Å². The summed E-state index contributed by atoms with van der Waals surface area (Å²) in [5, 5.41) is 19.3. The van der Waals surface area contributed by atoms with Crippen LogP contribution in [-0.4, -0.2) is 58.9 Å². The first-order chi connectivity index (χ1) is 23.8. The molecule has 5 aliphatic rings. The lowest BCUT2D eigenvalue weighted by Gasteiger charge is -2.26. The minimum absolute atomic E-state index is 0.0892. The highest BCUT2D eigenvalue weighted by molar-refractivity contribution is 6.51. The van der Waals surface area contributed by atoms with Crippen molar-refractivity contribution in [1.82, 2.24) is 9.80 Å². The number of nitriles is 2. The van der Waals surface area contributed by atoms with Crippen molar-refractivity contribution in [3.05, 3.63) is 91.3 Å². The summed E-state index contributed by atoms with van der Waals surface area (Å²) >= 11 is 0. The first kappa shape index (κ1) is 33.5. The molecule has 2 aromatic rings. The molecule has 0 atom stereocenters. The second-order valence-electron chi connectivity index (χ2n) is 15.4. The number of rotatable bonds is 2. The van der Waals surface area contributed by atoms with E-state index < -0.39 is 34.5 Å². The van der Waals surface area contributed by atoms with Crippen molar-refractivity contribution < 1.29 is 19.2 Å². The Balaban J connectivity index is 1.32. The molecule has 0 bridgehead atoms. The Bertz CT molecular complexity index is 2260. The minimum Gasteiger partial charge on any atom is -0.276 e. The Labute approximate surface area is 296 Å². The molecular weight excluding hydrogens is 640 g/mol. The smallest absolute Gasteiger partial charge is 0.276 e. The number of aliphatic imine (C=N–C) groups is 2. The molecular formula is C41H36N6O4. The van der Waals surface area contributed by atoms with Crippen LogP contribution in [0.4, 0.5) is 0 Å². The largest absolute Gasteiger partial charge is 0.279 e. The van der Waals surface area contributed by atoms with E-state index in [2.05, 4.69) is 65.8 Å². The highest BCUT2D eigenvalue weighted by Crippen LogP contribution is 2.56. The zero-order valence-electron chi connectivity index (χ0n) is 30.3. The number of imide groups is 2. The highest BCUT2D eigenvalue weighted by Gasteiger charge is 2.44. The van der Waals surface area contributed by atoms with Gasteiger partial charge >= 0.3 is 0 Å². The number of hydrogen-bond acceptors (Lipinski definition) is 8. The SMILES string of the molecule is CC1=C(C#N)C(=O)N(C)C(=O)C1=NC1=Cc2cc3c(cc2C1(C)C)-c1cc2c(cc1C3(C)C)C=C(N=C1C(=O)N(C)C(=O)C(C#N)=C1C)C2(C)C. The second kappa shape index (κ2) is 10.5. The number of nitrogens with zero attached hydrogens (tertiary/aromatic N) is 6. The van der Waals surface area contributed by atoms with Crippen LogP contribution in [0.5, 0.6) is 0 Å². The topological polar surface area (TPSA) is 147 Å². The molecule has 254 valence electrons. The monoisotopic (exact) mass is 676 g/mol. The third-order valence-corrected chi connectivity index (χ3v) is 11.4. The normalized spacial score (nSPS) is 22.6. The maximum atomic E-state index is 13.2. The zero-order valence-corrected chi connectivity index (χ0v) is 30.3. The van der Waals surface area contributed by atoms with Crippen LogP contribution in [-0.2, 0) is 35.4 Å². The van der Waals surface area contributed by atoms with Crippen LogP contribution in [0, 0.1) is 22.7 Å². The summed E-state index contributed by atoms with van der Waals surface area (Å²) < 4.78 is 0. The van der Waals surface area contributed by atoms with Gasteiger partial charge in [0.15, 0.2) is 0 Å². The molecule has 0 spiro atoms. The predicted molar refractivity (Wildman–Crippen MR) is 193 cm³/mol. The van der Waals surface area contributed by atoms with Crippen LogP contribution in [0.25, 0.3) is 23.3 Å². The molecule has 0 aromatic heterocycles. The lowest BCUT2D eigenvalue weighted by molar-refractivity contribution is -0.138. The van der Waals surface area contributed by atoms with Crippen LogP contribution in [0.2, 0.25) is 0 Å². The number of carbonyl (C=O) groups is 4. The van der Waals surface area contributed by atoms with Crippen molar-refractivity contribution in [3.63, 3.8) is 0 Å². The Morgan fingerprint density at radius 2 is 0.902 bits per heavy atom. The Morgan fingerprint density at radius 3 is 1.24 bits per heavy atom. The van der Waals surface area contributed by atoms with E-state index in [4.69, 9.17) is 9.98 Å². The molecule has 0 radical (unpaired) electrons. The van der Waals surface area contributed by atoms with E-state index in [1.807, 2.05) is 24.3 Å². The van der Waals surface area contributed by atoms with Gasteiger partial charge in [0, 0.05) is 41.5 Å². The summed E-state index contributed by atoms with van der Waals surface area (Å²) in [6.07, 6.45) is 3.99. The van der Waals surface area contributed by atoms with Gasteiger partial charge in [0.05, 0.1) is 11.4 Å². The molecule has 0 N–H and O–H groups in total. The first-order valence-corrected chi connectivity index (χ1v) is 16.7. The first-order valence-electron chi connectivity index (χ1n) is 16.7. The zero-order chi connectivity index (χ0) is 37.3. The van der Waals surface area contributed by atoms with Gasteiger partial charge in [-0.15, -0.1) is 0 Å². The summed E-state index contributed by atoms with van der Waals surface area (Å²) in [4.78, 5) is 63.0. The van der Waals surface area contributed by atoms with Crippen LogP contribution in [0.3, 0.4) is 0 Å². The fourth-order valence-corrected chi connectivity index (χ4v) is 7.94. The summed E-state index contributed by atoms with van der Waals surface area (Å²) in [5.41, 5.74) is 8.96. The molecule has 0 unspecified atom stereocenters. The fourth-order valence-electron chi connectivity index (χ4n) is 7.94. The van der Waals surface area contributed by atoms with Crippen molar-refractivity contribution in [2.24, 2.45) is 9.98 Å². The fraction of sp³-hybridized carbons (Fsp3) is 0.317. The lowest BCUT2D eigenvalue weighted by Crippen LogP contribution is -2.44. The van der Waals surface area contributed by atoms with Crippen molar-refractivity contribution >= 4 is 47.2 Å². The summed E-state index contributed by atoms with van der Waals surface area (Å²) in [6.45, 7) is 15.8. The van der Waals surface area contributed by atoms with Gasteiger partial charge in [0.2, 0.25) is 0 Å². The van der Waals surface area contributed by atoms with E-state index >= 15 is 0 Å². The van der Waals surface area contributed by atoms with Crippen LogP contribution in [0.15, 0.2) is 67.9 Å². The van der Waals surface area contributed by atoms with E-state index in [0.29, 0.717) is 11.4 Å². The Kier molecular flexibility index (Phi) is 6.90. The average Bonchev–Trinajstić information content (AvgIpc) is 3.57. The molecule has 10 nitrogen and oxygen atoms in total. The standard InChI is InChI=1S/C41H36N6O4/c1-19-25(17-42)35(48)46(9)37(50)33(19)44-31-13-21-11-29-23(15-27(21)40(31,5)6)24-16-28-22(12-30(24)39(29,3)4)14-32(41(28,7)8)45-34-20(2)26(18-43)36(49)47(10)38(34)51/h11-16H,1-10H3. The number of likely N-dealkylation sites (N-methyl/N-ethyl adjacent to an activating group) is 2. The molecule has 0 saturated heterocycles. The summed E-state index contributed by atoms with van der Waals surface area (Å²) in [7, 11) is 2.72. The van der Waals surface area contributed by atoms with Crippen LogP contribution in [0.1, 0.15) is 88.8 Å². The average molecular weight is 677 g/mol. The van der Waals surface area contributed by atoms with Gasteiger partial charge < -0.3 is 0 Å². The molecule has 7 rings (SSSR count). The second-order valence-corrected chi connectivity index (χ2v) is 15.4. The predicted octanol–water partition coefficient (Wildman–Crippen LogP) is 5.82. The molecule has 10 heteroatoms. The van der Waals surface area contributed by atoms with E-state index in [1.165, 1.54) is 14.1 Å². The molecule has 3 aliphatic carbocycles. The molecule has 51 heavy (non-hydrogen) atoms. The van der Waals surface area contributed by atoms with Crippen molar-refractivity contribution in [3.8, 4) is 23.3 Å². The van der Waals surface area contributed by atoms with Gasteiger partial charge in [-0.1, -0.05) is 41.5 Å². The number of benzene rings is 2. The van der Waals surface area contributed by atoms with Crippen molar-refractivity contribution in [2.45, 2.75) is 71.6 Å². The molecule has 2 aliphatic heterocycles. The Morgan fingerprint density at radius 1 is 0.549 bits per heavy atom. The number of hydrogen-bond donors (Lipinski definition) is 0. The maximum absolute atomic E-state index is 13.2. The van der Waals surface area contributed by atoms with E-state index in [1.54, 1.807) is 13.8 Å². The third kappa shape index (κ3) is 4.32. The molecule has 2 heterocycles. The van der Waals surface area contributed by atoms with Crippen LogP contribution < -0.4 is 0 Å². The number of fused-ring (bicyclic) bond motifs is 5. The number of allylic oxidation sites excluding steroid dienone is 2. The number of carbonyl (C=O) groups excluding carboxylic acids is 4. The van der Waals surface area contributed by atoms with Gasteiger partial charge in [-0.2, -0.15) is 10.5 Å². The quantitative estimate of drug-likeness (QED) is 0.367. The van der Waals surface area contributed by atoms with Gasteiger partial charge in [-0.05, 0) is 94.8 Å². The molecule has 0 saturated carbocycles. The van der Waals surface area contributed by atoms with Crippen molar-refractivity contribution in [2.75, 3.05) is 14.1 Å². The molecule has 4 amide bonds. The van der Waals surface area contributed by atoms with Gasteiger partial charge in [-0.3, -0.25) is 29.0 Å². The number of amides is 4. The summed E-state index contributed by atoms with van der Waals surface area (Å²) in [5.74, 6) is -2.34. The lowest BCUT2D eigenvalue weighted by atomic mass is 9.78. The van der Waals surface area contributed by atoms with E-state index in [0.717, 1.165) is 54.3 Å². The van der Waals surface area contributed by atoms with Gasteiger partial charge in [-0.25, -0.2) is 9.98 Å². The summed E-state index contributed by atoms with van der Waals surface area (Å²) in [6, 6.07) is 12.7. The van der Waals surface area contributed by atoms with E-state index in [-0.39, 0.29) is 39.1 Å². The van der Waals surface area contributed by atoms with Crippen molar-refractivity contribution in [1.29, 1.82) is 10.5 Å². The Hall–Kier alpha value is -6.00.